The Balaban J connectivity index is 2.10. The van der Waals surface area contributed by atoms with E-state index in [4.69, 9.17) is 0 Å². The summed E-state index contributed by atoms with van der Waals surface area (Å²) in [7, 11) is 0. The maximum Gasteiger partial charge on any atom is 0.000812 e. The number of hydrogen-bond donors (Lipinski definition) is 1. The largest absolute Gasteiger partial charge is 0.316 e. The van der Waals surface area contributed by atoms with Crippen LogP contribution in [0.2, 0.25) is 0 Å². The van der Waals surface area contributed by atoms with Gasteiger partial charge in [-0.2, -0.15) is 0 Å². The fourth-order valence-corrected chi connectivity index (χ4v) is 4.27. The predicted octanol–water partition coefficient (Wildman–Crippen LogP) is 3.20. The van der Waals surface area contributed by atoms with E-state index < -0.39 is 0 Å². The summed E-state index contributed by atoms with van der Waals surface area (Å²) in [6.45, 7) is 9.88. The van der Waals surface area contributed by atoms with Crippen LogP contribution in [0, 0.1) is 16.7 Å². The maximum atomic E-state index is 3.60. The number of piperidine rings is 1. The number of rotatable bonds is 0. The summed E-state index contributed by atoms with van der Waals surface area (Å²) in [5, 5.41) is 3.60. The van der Waals surface area contributed by atoms with E-state index in [0.717, 1.165) is 5.92 Å². The van der Waals surface area contributed by atoms with E-state index in [1.165, 1.54) is 45.2 Å². The van der Waals surface area contributed by atoms with E-state index in [0.29, 0.717) is 10.8 Å². The minimum absolute atomic E-state index is 0.580. The van der Waals surface area contributed by atoms with Gasteiger partial charge in [0.25, 0.3) is 0 Å². The molecular formula is C13H25N. The van der Waals surface area contributed by atoms with Crippen LogP contribution in [0.15, 0.2) is 0 Å². The molecule has 0 aromatic carbocycles. The molecule has 1 heterocycles. The van der Waals surface area contributed by atoms with Gasteiger partial charge in [0.2, 0.25) is 0 Å². The maximum absolute atomic E-state index is 3.60. The Kier molecular flexibility index (Phi) is 2.63. The predicted molar refractivity (Wildman–Crippen MR) is 61.3 cm³/mol. The molecule has 2 rings (SSSR count). The fourth-order valence-electron chi connectivity index (χ4n) is 4.27. The molecule has 0 aromatic rings. The Hall–Kier alpha value is -0.0400. The molecule has 0 radical (unpaired) electrons. The van der Waals surface area contributed by atoms with Crippen molar-refractivity contribution in [1.82, 2.24) is 5.32 Å². The molecule has 1 saturated heterocycles. The number of nitrogens with one attached hydrogen (secondary N) is 1. The average Bonchev–Trinajstić information content (AvgIpc) is 2.00. The lowest BCUT2D eigenvalue weighted by atomic mass is 9.58. The normalized spacial score (nSPS) is 42.6. The summed E-state index contributed by atoms with van der Waals surface area (Å²) in [4.78, 5) is 0. The molecule has 1 aliphatic carbocycles. The molecule has 0 bridgehead atoms. The van der Waals surface area contributed by atoms with Crippen LogP contribution < -0.4 is 5.32 Å². The smallest absolute Gasteiger partial charge is 0.000812 e. The van der Waals surface area contributed by atoms with Crippen molar-refractivity contribution in [1.29, 1.82) is 0 Å². The molecule has 1 spiro atoms. The lowest BCUT2D eigenvalue weighted by Gasteiger charge is -2.50. The molecule has 1 aliphatic heterocycles. The van der Waals surface area contributed by atoms with E-state index in [9.17, 15) is 0 Å². The highest BCUT2D eigenvalue weighted by molar-refractivity contribution is 4.95. The first-order valence-corrected chi connectivity index (χ1v) is 6.22. The molecule has 14 heavy (non-hydrogen) atoms. The van der Waals surface area contributed by atoms with Crippen LogP contribution in [-0.2, 0) is 0 Å². The van der Waals surface area contributed by atoms with E-state index in [1.54, 1.807) is 0 Å². The van der Waals surface area contributed by atoms with Gasteiger partial charge in [0, 0.05) is 6.54 Å². The van der Waals surface area contributed by atoms with Crippen molar-refractivity contribution in [3.8, 4) is 0 Å². The first-order chi connectivity index (χ1) is 6.52. The lowest BCUT2D eigenvalue weighted by Crippen LogP contribution is -2.46. The van der Waals surface area contributed by atoms with E-state index >= 15 is 0 Å². The van der Waals surface area contributed by atoms with Crippen molar-refractivity contribution in [3.05, 3.63) is 0 Å². The van der Waals surface area contributed by atoms with Gasteiger partial charge in [-0.25, -0.2) is 0 Å². The van der Waals surface area contributed by atoms with Crippen molar-refractivity contribution in [2.75, 3.05) is 13.1 Å². The minimum Gasteiger partial charge on any atom is -0.316 e. The monoisotopic (exact) mass is 195 g/mol. The number of hydrogen-bond acceptors (Lipinski definition) is 1. The Morgan fingerprint density at radius 2 is 2.00 bits per heavy atom. The van der Waals surface area contributed by atoms with E-state index in [-0.39, 0.29) is 0 Å². The standard InChI is InChI=1S/C13H25N/c1-11-7-12(2,3)9-13(8-11)5-4-6-14-10-13/h11,14H,4-10H2,1-3H3. The second-order valence-electron chi connectivity index (χ2n) is 6.63. The highest BCUT2D eigenvalue weighted by atomic mass is 14.9. The molecular weight excluding hydrogens is 170 g/mol. The molecule has 0 amide bonds. The zero-order valence-electron chi connectivity index (χ0n) is 10.0. The van der Waals surface area contributed by atoms with Gasteiger partial charge in [-0.05, 0) is 55.4 Å². The van der Waals surface area contributed by atoms with Crippen LogP contribution in [0.1, 0.15) is 52.9 Å². The Morgan fingerprint density at radius 1 is 1.21 bits per heavy atom. The quantitative estimate of drug-likeness (QED) is 0.626. The van der Waals surface area contributed by atoms with Crippen molar-refractivity contribution in [3.63, 3.8) is 0 Å². The highest BCUT2D eigenvalue weighted by Gasteiger charge is 2.42. The zero-order chi connectivity index (χ0) is 10.2. The molecule has 2 fully saturated rings. The van der Waals surface area contributed by atoms with Crippen molar-refractivity contribution < 1.29 is 0 Å². The summed E-state index contributed by atoms with van der Waals surface area (Å²) in [6.07, 6.45) is 7.19. The summed E-state index contributed by atoms with van der Waals surface area (Å²) >= 11 is 0. The molecule has 2 aliphatic rings. The van der Waals surface area contributed by atoms with Crippen LogP contribution in [0.25, 0.3) is 0 Å². The first kappa shape index (κ1) is 10.5. The third-order valence-electron chi connectivity index (χ3n) is 4.10. The topological polar surface area (TPSA) is 12.0 Å². The zero-order valence-corrected chi connectivity index (χ0v) is 10.0. The van der Waals surface area contributed by atoms with E-state index in [1.807, 2.05) is 0 Å². The third-order valence-corrected chi connectivity index (χ3v) is 4.10. The van der Waals surface area contributed by atoms with Gasteiger partial charge in [0.1, 0.15) is 0 Å². The Labute approximate surface area is 88.7 Å². The van der Waals surface area contributed by atoms with Crippen LogP contribution >= 0.6 is 0 Å². The van der Waals surface area contributed by atoms with Gasteiger partial charge in [0.15, 0.2) is 0 Å². The minimum atomic E-state index is 0.580. The fraction of sp³-hybridized carbons (Fsp3) is 1.00. The van der Waals surface area contributed by atoms with Crippen molar-refractivity contribution >= 4 is 0 Å². The van der Waals surface area contributed by atoms with Crippen molar-refractivity contribution in [2.24, 2.45) is 16.7 Å². The second-order valence-corrected chi connectivity index (χ2v) is 6.63. The van der Waals surface area contributed by atoms with Gasteiger partial charge in [-0.3, -0.25) is 0 Å². The molecule has 0 aromatic heterocycles. The molecule has 1 nitrogen and oxygen atoms in total. The molecule has 2 atom stereocenters. The van der Waals surface area contributed by atoms with Crippen LogP contribution in [0.3, 0.4) is 0 Å². The summed E-state index contributed by atoms with van der Waals surface area (Å²) in [5.41, 5.74) is 1.23. The van der Waals surface area contributed by atoms with Crippen LogP contribution in [0.5, 0.6) is 0 Å². The molecule has 82 valence electrons. The molecule has 1 N–H and O–H groups in total. The van der Waals surface area contributed by atoms with Crippen LogP contribution in [0.4, 0.5) is 0 Å². The summed E-state index contributed by atoms with van der Waals surface area (Å²) in [6, 6.07) is 0. The Bertz CT molecular complexity index is 201. The second kappa shape index (κ2) is 3.52. The third kappa shape index (κ3) is 2.13. The lowest BCUT2D eigenvalue weighted by molar-refractivity contribution is 0.0274. The van der Waals surface area contributed by atoms with Gasteiger partial charge in [-0.15, -0.1) is 0 Å². The van der Waals surface area contributed by atoms with Gasteiger partial charge < -0.3 is 5.32 Å². The van der Waals surface area contributed by atoms with Gasteiger partial charge in [-0.1, -0.05) is 20.8 Å². The van der Waals surface area contributed by atoms with Gasteiger partial charge >= 0.3 is 0 Å². The summed E-state index contributed by atoms with van der Waals surface area (Å²) in [5.74, 6) is 0.929. The van der Waals surface area contributed by atoms with Crippen LogP contribution in [-0.4, -0.2) is 13.1 Å². The molecule has 1 saturated carbocycles. The molecule has 2 unspecified atom stereocenters. The highest BCUT2D eigenvalue weighted by Crippen LogP contribution is 2.51. The summed E-state index contributed by atoms with van der Waals surface area (Å²) < 4.78 is 0. The Morgan fingerprint density at radius 3 is 2.57 bits per heavy atom. The van der Waals surface area contributed by atoms with Crippen molar-refractivity contribution in [2.45, 2.75) is 52.9 Å². The first-order valence-electron chi connectivity index (χ1n) is 6.22. The van der Waals surface area contributed by atoms with E-state index in [2.05, 4.69) is 26.1 Å². The van der Waals surface area contributed by atoms with Gasteiger partial charge in [0.05, 0.1) is 0 Å². The average molecular weight is 195 g/mol. The molecule has 1 heteroatoms. The SMILES string of the molecule is CC1CC(C)(C)CC2(CCCNC2)C1.